The smallest absolute Gasteiger partial charge is 0.334 e. The first kappa shape index (κ1) is 18.0. The molecule has 7 atom stereocenters. The first-order valence-electron chi connectivity index (χ1n) is 8.96. The Labute approximate surface area is 157 Å². The Balaban J connectivity index is 1.82. The molecule has 27 heavy (non-hydrogen) atoms. The van der Waals surface area contributed by atoms with Crippen LogP contribution in [0.4, 0.5) is 0 Å². The van der Waals surface area contributed by atoms with Crippen molar-refractivity contribution in [1.82, 2.24) is 0 Å². The molecular weight excluding hydrogens is 352 g/mol. The number of fused-ring (bicyclic) bond motifs is 3. The van der Waals surface area contributed by atoms with Crippen LogP contribution in [0.25, 0.3) is 0 Å². The predicted molar refractivity (Wildman–Crippen MR) is 92.2 cm³/mol. The molecule has 0 aromatic heterocycles. The molecule has 0 aromatic carbocycles. The van der Waals surface area contributed by atoms with Crippen LogP contribution in [0.5, 0.6) is 0 Å². The zero-order chi connectivity index (χ0) is 19.7. The van der Waals surface area contributed by atoms with Gasteiger partial charge in [0.2, 0.25) is 0 Å². The SMILES string of the molecule is C=C1C(=O)O[C@H]2[C@@H]1[C@H]1OC(=O)C(=C)[C@@H]1[C@@](C)([C@@H]1CO1)[C@H]2OC(=O)/C(C)=C/C. The lowest BCUT2D eigenvalue weighted by Gasteiger charge is -2.50. The first-order chi connectivity index (χ1) is 12.7. The monoisotopic (exact) mass is 374 g/mol. The van der Waals surface area contributed by atoms with Gasteiger partial charge in [-0.2, -0.15) is 0 Å². The van der Waals surface area contributed by atoms with Gasteiger partial charge in [-0.3, -0.25) is 0 Å². The summed E-state index contributed by atoms with van der Waals surface area (Å²) >= 11 is 0. The highest BCUT2D eigenvalue weighted by Gasteiger charge is 2.72. The highest BCUT2D eigenvalue weighted by Crippen LogP contribution is 2.60. The van der Waals surface area contributed by atoms with Crippen molar-refractivity contribution in [1.29, 1.82) is 0 Å². The lowest BCUT2D eigenvalue weighted by atomic mass is 9.56. The number of epoxide rings is 1. The summed E-state index contributed by atoms with van der Waals surface area (Å²) in [5, 5.41) is 0. The van der Waals surface area contributed by atoms with Gasteiger partial charge in [0.1, 0.15) is 12.2 Å². The summed E-state index contributed by atoms with van der Waals surface area (Å²) in [6.07, 6.45) is -0.841. The number of rotatable bonds is 3. The Morgan fingerprint density at radius 3 is 2.37 bits per heavy atom. The Morgan fingerprint density at radius 1 is 1.19 bits per heavy atom. The van der Waals surface area contributed by atoms with Crippen LogP contribution in [0.2, 0.25) is 0 Å². The molecule has 0 spiro atoms. The van der Waals surface area contributed by atoms with E-state index in [0.717, 1.165) is 0 Å². The lowest BCUT2D eigenvalue weighted by Crippen LogP contribution is -2.62. The lowest BCUT2D eigenvalue weighted by molar-refractivity contribution is -0.199. The minimum absolute atomic E-state index is 0.222. The molecule has 0 unspecified atom stereocenters. The van der Waals surface area contributed by atoms with Crippen molar-refractivity contribution in [2.75, 3.05) is 6.61 Å². The molecule has 0 amide bonds. The molecule has 144 valence electrons. The van der Waals surface area contributed by atoms with Crippen molar-refractivity contribution in [3.63, 3.8) is 0 Å². The topological polar surface area (TPSA) is 91.4 Å². The van der Waals surface area contributed by atoms with Gasteiger partial charge in [0.05, 0.1) is 18.6 Å². The quantitative estimate of drug-likeness (QED) is 0.320. The standard InChI is InChI=1S/C20H22O7/c1-6-8(2)17(21)27-16-15-12(9(3)18(22)26-15)14-13(10(4)19(23)25-14)20(16,5)11-7-24-11/h6,11-16H,3-4,7H2,1-2,5H3/b8-6+/t11-,12-,13-,14+,15-,16-,20+/m0/s1. The zero-order valence-corrected chi connectivity index (χ0v) is 15.5. The van der Waals surface area contributed by atoms with E-state index in [1.54, 1.807) is 19.9 Å². The molecule has 3 heterocycles. The summed E-state index contributed by atoms with van der Waals surface area (Å²) in [7, 11) is 0. The summed E-state index contributed by atoms with van der Waals surface area (Å²) in [6, 6.07) is 0. The van der Waals surface area contributed by atoms with Gasteiger partial charge in [0.15, 0.2) is 6.10 Å². The van der Waals surface area contributed by atoms with Crippen LogP contribution in [0.3, 0.4) is 0 Å². The van der Waals surface area contributed by atoms with E-state index in [1.165, 1.54) is 0 Å². The largest absolute Gasteiger partial charge is 0.458 e. The van der Waals surface area contributed by atoms with E-state index in [-0.39, 0.29) is 11.7 Å². The van der Waals surface area contributed by atoms with Gasteiger partial charge in [-0.05, 0) is 13.8 Å². The molecule has 3 aliphatic heterocycles. The maximum atomic E-state index is 12.5. The van der Waals surface area contributed by atoms with E-state index in [1.807, 2.05) is 6.92 Å². The maximum absolute atomic E-state index is 12.5. The summed E-state index contributed by atoms with van der Waals surface area (Å²) < 4.78 is 22.5. The van der Waals surface area contributed by atoms with E-state index >= 15 is 0 Å². The van der Waals surface area contributed by atoms with Gasteiger partial charge in [-0.15, -0.1) is 0 Å². The van der Waals surface area contributed by atoms with Crippen molar-refractivity contribution < 1.29 is 33.3 Å². The molecule has 0 N–H and O–H groups in total. The molecule has 7 heteroatoms. The van der Waals surface area contributed by atoms with Gasteiger partial charge in [0, 0.05) is 28.1 Å². The van der Waals surface area contributed by atoms with Gasteiger partial charge in [0.25, 0.3) is 0 Å². The molecule has 7 nitrogen and oxygen atoms in total. The number of allylic oxidation sites excluding steroid dienone is 1. The molecule has 1 saturated carbocycles. The van der Waals surface area contributed by atoms with E-state index in [2.05, 4.69) is 13.2 Å². The van der Waals surface area contributed by atoms with E-state index in [4.69, 9.17) is 18.9 Å². The molecule has 4 aliphatic rings. The third kappa shape index (κ3) is 2.34. The number of esters is 3. The van der Waals surface area contributed by atoms with Crippen molar-refractivity contribution in [3.05, 3.63) is 36.0 Å². The highest BCUT2D eigenvalue weighted by atomic mass is 16.6. The minimum atomic E-state index is -0.816. The van der Waals surface area contributed by atoms with Gasteiger partial charge >= 0.3 is 17.9 Å². The molecule has 0 bridgehead atoms. The second-order valence-corrected chi connectivity index (χ2v) is 7.78. The van der Waals surface area contributed by atoms with Crippen LogP contribution in [0, 0.1) is 17.3 Å². The summed E-state index contributed by atoms with van der Waals surface area (Å²) in [4.78, 5) is 37.1. The Morgan fingerprint density at radius 2 is 1.78 bits per heavy atom. The normalized spacial score (nSPS) is 43.0. The highest BCUT2D eigenvalue weighted by molar-refractivity contribution is 5.94. The van der Waals surface area contributed by atoms with Gasteiger partial charge in [-0.1, -0.05) is 26.2 Å². The Hall–Kier alpha value is -2.41. The second-order valence-electron chi connectivity index (χ2n) is 7.78. The zero-order valence-electron chi connectivity index (χ0n) is 15.5. The maximum Gasteiger partial charge on any atom is 0.334 e. The fourth-order valence-corrected chi connectivity index (χ4v) is 4.69. The number of hydrogen-bond donors (Lipinski definition) is 0. The molecular formula is C20H22O7. The Kier molecular flexibility index (Phi) is 3.86. The van der Waals surface area contributed by atoms with E-state index in [0.29, 0.717) is 17.8 Å². The van der Waals surface area contributed by atoms with Crippen LogP contribution in [0.1, 0.15) is 20.8 Å². The number of carbonyl (C=O) groups is 3. The minimum Gasteiger partial charge on any atom is -0.458 e. The van der Waals surface area contributed by atoms with Crippen molar-refractivity contribution in [2.24, 2.45) is 17.3 Å². The fourth-order valence-electron chi connectivity index (χ4n) is 4.69. The average Bonchev–Trinajstić information content (AvgIpc) is 3.39. The summed E-state index contributed by atoms with van der Waals surface area (Å²) in [6.45, 7) is 13.5. The summed E-state index contributed by atoms with van der Waals surface area (Å²) in [5.74, 6) is -2.63. The molecule has 4 fully saturated rings. The third-order valence-electron chi connectivity index (χ3n) is 6.42. The van der Waals surface area contributed by atoms with E-state index in [9.17, 15) is 14.4 Å². The van der Waals surface area contributed by atoms with Crippen molar-refractivity contribution in [2.45, 2.75) is 45.2 Å². The predicted octanol–water partition coefficient (Wildman–Crippen LogP) is 1.48. The Bertz CT molecular complexity index is 805. The van der Waals surface area contributed by atoms with Gasteiger partial charge in [-0.25, -0.2) is 14.4 Å². The average molecular weight is 374 g/mol. The van der Waals surface area contributed by atoms with Crippen LogP contribution in [-0.2, 0) is 33.3 Å². The molecule has 4 rings (SSSR count). The fraction of sp³-hybridized carbons (Fsp3) is 0.550. The van der Waals surface area contributed by atoms with Crippen LogP contribution in [0.15, 0.2) is 36.0 Å². The van der Waals surface area contributed by atoms with Crippen molar-refractivity contribution >= 4 is 17.9 Å². The third-order valence-corrected chi connectivity index (χ3v) is 6.42. The molecule has 0 aromatic rings. The number of hydrogen-bond acceptors (Lipinski definition) is 7. The number of ether oxygens (including phenoxy) is 4. The molecule has 3 saturated heterocycles. The van der Waals surface area contributed by atoms with Gasteiger partial charge < -0.3 is 18.9 Å². The molecule has 1 aliphatic carbocycles. The number of carbonyl (C=O) groups excluding carboxylic acids is 3. The van der Waals surface area contributed by atoms with E-state index < -0.39 is 53.5 Å². The van der Waals surface area contributed by atoms with Crippen molar-refractivity contribution in [3.8, 4) is 0 Å². The van der Waals surface area contributed by atoms with Crippen LogP contribution < -0.4 is 0 Å². The van der Waals surface area contributed by atoms with Crippen LogP contribution in [-0.4, -0.2) is 48.9 Å². The molecule has 0 radical (unpaired) electrons. The second kappa shape index (κ2) is 5.79. The van der Waals surface area contributed by atoms with Crippen LogP contribution >= 0.6 is 0 Å². The summed E-state index contributed by atoms with van der Waals surface area (Å²) in [5.41, 5.74) is 0.143. The first-order valence-corrected chi connectivity index (χ1v) is 8.96.